The second kappa shape index (κ2) is 8.88. The lowest BCUT2D eigenvalue weighted by Gasteiger charge is -2.30. The van der Waals surface area contributed by atoms with Crippen LogP contribution >= 0.6 is 11.6 Å². The van der Waals surface area contributed by atoms with E-state index in [4.69, 9.17) is 20.5 Å². The molecular weight excluding hydrogens is 366 g/mol. The number of benzene rings is 1. The molecule has 0 bridgehead atoms. The maximum absolute atomic E-state index is 12.5. The number of hydrogen-bond donors (Lipinski definition) is 1. The molecule has 0 saturated heterocycles. The van der Waals surface area contributed by atoms with Crippen molar-refractivity contribution in [2.75, 3.05) is 19.6 Å². The van der Waals surface area contributed by atoms with Crippen LogP contribution in [0.1, 0.15) is 35.9 Å². The Bertz CT molecular complexity index is 872. The Balaban J connectivity index is 1.73. The van der Waals surface area contributed by atoms with Gasteiger partial charge >= 0.3 is 0 Å². The molecule has 3 aromatic rings. The van der Waals surface area contributed by atoms with Crippen molar-refractivity contribution in [2.24, 2.45) is 0 Å². The van der Waals surface area contributed by atoms with Crippen LogP contribution in [0.4, 0.5) is 0 Å². The largest absolute Gasteiger partial charge is 0.461 e. The Kier molecular flexibility index (Phi) is 6.32. The molecule has 2 aromatic heterocycles. The van der Waals surface area contributed by atoms with Crippen molar-refractivity contribution < 1.29 is 13.7 Å². The van der Waals surface area contributed by atoms with Crippen LogP contribution in [-0.4, -0.2) is 35.6 Å². The quantitative estimate of drug-likeness (QED) is 0.620. The third-order valence-corrected chi connectivity index (χ3v) is 4.82. The van der Waals surface area contributed by atoms with E-state index in [0.29, 0.717) is 23.1 Å². The van der Waals surface area contributed by atoms with Gasteiger partial charge in [0.15, 0.2) is 11.5 Å². The smallest absolute Gasteiger partial charge is 0.273 e. The maximum atomic E-state index is 12.5. The molecule has 6 nitrogen and oxygen atoms in total. The van der Waals surface area contributed by atoms with Crippen LogP contribution < -0.4 is 5.32 Å². The van der Waals surface area contributed by atoms with Gasteiger partial charge in [0.1, 0.15) is 0 Å². The fourth-order valence-electron chi connectivity index (χ4n) is 3.04. The number of aromatic nitrogens is 1. The minimum absolute atomic E-state index is 0.0332. The van der Waals surface area contributed by atoms with Crippen molar-refractivity contribution >= 4 is 17.5 Å². The number of carbonyl (C=O) groups is 1. The lowest BCUT2D eigenvalue weighted by molar-refractivity contribution is 0.0926. The molecule has 2 heterocycles. The summed E-state index contributed by atoms with van der Waals surface area (Å²) in [5, 5.41) is 7.46. The fourth-order valence-corrected chi connectivity index (χ4v) is 3.30. The summed E-state index contributed by atoms with van der Waals surface area (Å²) in [7, 11) is 0. The summed E-state index contributed by atoms with van der Waals surface area (Å²) in [5.74, 6) is 0.635. The molecule has 1 N–H and O–H groups in total. The second-order valence-electron chi connectivity index (χ2n) is 6.02. The van der Waals surface area contributed by atoms with E-state index < -0.39 is 0 Å². The third kappa shape index (κ3) is 4.40. The molecule has 1 aromatic carbocycles. The molecular formula is C20H22ClN3O3. The summed E-state index contributed by atoms with van der Waals surface area (Å²) < 4.78 is 10.5. The summed E-state index contributed by atoms with van der Waals surface area (Å²) in [5.41, 5.74) is 1.19. The van der Waals surface area contributed by atoms with Gasteiger partial charge in [0, 0.05) is 17.6 Å². The first-order chi connectivity index (χ1) is 13.1. The highest BCUT2D eigenvalue weighted by Crippen LogP contribution is 2.27. The predicted molar refractivity (Wildman–Crippen MR) is 104 cm³/mol. The Morgan fingerprint density at radius 2 is 1.96 bits per heavy atom. The number of likely N-dealkylation sites (N-methyl/N-ethyl adjacent to an activating group) is 1. The number of rotatable bonds is 8. The van der Waals surface area contributed by atoms with E-state index >= 15 is 0 Å². The lowest BCUT2D eigenvalue weighted by Crippen LogP contribution is -2.38. The van der Waals surface area contributed by atoms with Gasteiger partial charge < -0.3 is 14.3 Å². The van der Waals surface area contributed by atoms with Gasteiger partial charge in [0.2, 0.25) is 5.76 Å². The Morgan fingerprint density at radius 3 is 2.63 bits per heavy atom. The highest BCUT2D eigenvalue weighted by Gasteiger charge is 2.22. The average Bonchev–Trinajstić information content (AvgIpc) is 3.37. The molecule has 142 valence electrons. The highest BCUT2D eigenvalue weighted by atomic mass is 35.5. The molecule has 7 heteroatoms. The van der Waals surface area contributed by atoms with Crippen LogP contribution in [0, 0.1) is 0 Å². The Labute approximate surface area is 163 Å². The van der Waals surface area contributed by atoms with Crippen LogP contribution in [0.25, 0.3) is 11.5 Å². The zero-order valence-electron chi connectivity index (χ0n) is 15.3. The van der Waals surface area contributed by atoms with Crippen molar-refractivity contribution in [1.29, 1.82) is 0 Å². The molecule has 0 fully saturated rings. The monoisotopic (exact) mass is 387 g/mol. The first-order valence-electron chi connectivity index (χ1n) is 8.91. The molecule has 0 radical (unpaired) electrons. The number of halogens is 1. The van der Waals surface area contributed by atoms with Gasteiger partial charge in [0.25, 0.3) is 5.91 Å². The van der Waals surface area contributed by atoms with Gasteiger partial charge in [-0.3, -0.25) is 9.69 Å². The zero-order chi connectivity index (χ0) is 19.2. The van der Waals surface area contributed by atoms with Crippen molar-refractivity contribution in [3.63, 3.8) is 0 Å². The van der Waals surface area contributed by atoms with E-state index in [2.05, 4.69) is 29.2 Å². The minimum atomic E-state index is -0.305. The highest BCUT2D eigenvalue weighted by molar-refractivity contribution is 6.31. The van der Waals surface area contributed by atoms with E-state index in [9.17, 15) is 4.79 Å². The molecule has 0 aliphatic rings. The molecule has 3 rings (SSSR count). The third-order valence-electron chi connectivity index (χ3n) is 4.48. The average molecular weight is 388 g/mol. The molecule has 1 amide bonds. The zero-order valence-corrected chi connectivity index (χ0v) is 16.1. The molecule has 0 aliphatic heterocycles. The Hall–Kier alpha value is -2.57. The first kappa shape index (κ1) is 19.2. The number of nitrogens with one attached hydrogen (secondary N) is 1. The van der Waals surface area contributed by atoms with Gasteiger partial charge in [-0.1, -0.05) is 48.8 Å². The Morgan fingerprint density at radius 1 is 1.19 bits per heavy atom. The minimum Gasteiger partial charge on any atom is -0.461 e. The molecule has 1 unspecified atom stereocenters. The van der Waals surface area contributed by atoms with Crippen LogP contribution in [0.3, 0.4) is 0 Å². The number of hydrogen-bond acceptors (Lipinski definition) is 5. The van der Waals surface area contributed by atoms with Gasteiger partial charge in [-0.15, -0.1) is 0 Å². The number of furan rings is 1. The van der Waals surface area contributed by atoms with Gasteiger partial charge in [-0.25, -0.2) is 0 Å². The van der Waals surface area contributed by atoms with Crippen LogP contribution in [0.2, 0.25) is 5.02 Å². The second-order valence-corrected chi connectivity index (χ2v) is 6.43. The summed E-state index contributed by atoms with van der Waals surface area (Å²) in [6, 6.07) is 12.7. The van der Waals surface area contributed by atoms with Crippen molar-refractivity contribution in [2.45, 2.75) is 19.9 Å². The number of carbonyl (C=O) groups excluding carboxylic acids is 1. The SMILES string of the molecule is CCN(CC)C(CNC(=O)c1cc(-c2ccco2)on1)c1ccccc1Cl. The molecule has 0 saturated carbocycles. The lowest BCUT2D eigenvalue weighted by atomic mass is 10.0. The van der Waals surface area contributed by atoms with E-state index in [0.717, 1.165) is 18.7 Å². The molecule has 0 aliphatic carbocycles. The van der Waals surface area contributed by atoms with E-state index in [-0.39, 0.29) is 17.6 Å². The molecule has 1 atom stereocenters. The van der Waals surface area contributed by atoms with Crippen molar-refractivity contribution in [1.82, 2.24) is 15.4 Å². The van der Waals surface area contributed by atoms with Crippen molar-refractivity contribution in [3.8, 4) is 11.5 Å². The number of nitrogens with zero attached hydrogens (tertiary/aromatic N) is 2. The van der Waals surface area contributed by atoms with Gasteiger partial charge in [-0.2, -0.15) is 0 Å². The standard InChI is InChI=1S/C20H22ClN3O3/c1-3-24(4-2)17(14-8-5-6-9-15(14)21)13-22-20(25)16-12-19(27-23-16)18-10-7-11-26-18/h5-12,17H,3-4,13H2,1-2H3,(H,22,25). The molecule has 27 heavy (non-hydrogen) atoms. The van der Waals surface area contributed by atoms with E-state index in [1.807, 2.05) is 24.3 Å². The van der Waals surface area contributed by atoms with Crippen LogP contribution in [0.5, 0.6) is 0 Å². The topological polar surface area (TPSA) is 71.5 Å². The van der Waals surface area contributed by atoms with Crippen LogP contribution in [0.15, 0.2) is 57.7 Å². The normalized spacial score (nSPS) is 12.3. The van der Waals surface area contributed by atoms with Crippen molar-refractivity contribution in [3.05, 3.63) is 65.0 Å². The maximum Gasteiger partial charge on any atom is 0.273 e. The summed E-state index contributed by atoms with van der Waals surface area (Å²) >= 11 is 6.39. The van der Waals surface area contributed by atoms with E-state index in [1.54, 1.807) is 18.2 Å². The summed E-state index contributed by atoms with van der Waals surface area (Å²) in [6.45, 7) is 6.27. The summed E-state index contributed by atoms with van der Waals surface area (Å²) in [6.07, 6.45) is 1.54. The van der Waals surface area contributed by atoms with Crippen LogP contribution in [-0.2, 0) is 0 Å². The predicted octanol–water partition coefficient (Wildman–Crippen LogP) is 4.40. The van der Waals surface area contributed by atoms with Gasteiger partial charge in [0.05, 0.1) is 12.3 Å². The van der Waals surface area contributed by atoms with E-state index in [1.165, 1.54) is 6.26 Å². The molecule has 0 spiro atoms. The first-order valence-corrected chi connectivity index (χ1v) is 9.29. The van der Waals surface area contributed by atoms with Gasteiger partial charge in [-0.05, 0) is 36.9 Å². The number of amides is 1. The summed E-state index contributed by atoms with van der Waals surface area (Å²) in [4.78, 5) is 14.8. The fraction of sp³-hybridized carbons (Fsp3) is 0.300.